The van der Waals surface area contributed by atoms with Crippen molar-refractivity contribution < 1.29 is 4.84 Å². The number of fused-ring (bicyclic) bond motifs is 1. The summed E-state index contributed by atoms with van der Waals surface area (Å²) in [4.78, 5) is 4.92. The van der Waals surface area contributed by atoms with Gasteiger partial charge in [0.2, 0.25) is 0 Å². The van der Waals surface area contributed by atoms with Crippen LogP contribution in [0.2, 0.25) is 0 Å². The molecule has 0 saturated heterocycles. The molecule has 0 atom stereocenters. The van der Waals surface area contributed by atoms with Gasteiger partial charge >= 0.3 is 0 Å². The van der Waals surface area contributed by atoms with Crippen molar-refractivity contribution in [1.82, 2.24) is 5.48 Å². The minimum atomic E-state index is 0.798. The summed E-state index contributed by atoms with van der Waals surface area (Å²) in [6.07, 6.45) is 0. The summed E-state index contributed by atoms with van der Waals surface area (Å²) in [6, 6.07) is 8.15. The Hall–Kier alpha value is -0.860. The van der Waals surface area contributed by atoms with E-state index in [0.717, 1.165) is 6.54 Å². The lowest BCUT2D eigenvalue weighted by Crippen LogP contribution is -2.19. The maximum absolute atomic E-state index is 4.92. The van der Waals surface area contributed by atoms with Crippen molar-refractivity contribution in [3.63, 3.8) is 0 Å². The normalized spacial score (nSPS) is 16.4. The third-order valence-electron chi connectivity index (χ3n) is 1.59. The van der Waals surface area contributed by atoms with Gasteiger partial charge in [-0.05, 0) is 11.1 Å². The molecule has 0 aromatic heterocycles. The first kappa shape index (κ1) is 5.89. The number of rotatable bonds is 0. The van der Waals surface area contributed by atoms with Gasteiger partial charge in [0, 0.05) is 6.54 Å². The first-order chi connectivity index (χ1) is 4.97. The van der Waals surface area contributed by atoms with Crippen molar-refractivity contribution >= 4 is 0 Å². The highest BCUT2D eigenvalue weighted by atomic mass is 16.6. The van der Waals surface area contributed by atoms with Crippen LogP contribution in [0.5, 0.6) is 0 Å². The van der Waals surface area contributed by atoms with Crippen LogP contribution in [0.25, 0.3) is 0 Å². The monoisotopic (exact) mass is 134 g/mol. The van der Waals surface area contributed by atoms with Crippen molar-refractivity contribution in [1.29, 1.82) is 0 Å². The van der Waals surface area contributed by atoms with Gasteiger partial charge in [-0.25, -0.2) is 0 Å². The lowest BCUT2D eigenvalue weighted by atomic mass is 10.1. The smallest absolute Gasteiger partial charge is 0.137 e. The van der Waals surface area contributed by atoms with E-state index in [1.165, 1.54) is 11.1 Å². The van der Waals surface area contributed by atoms with Crippen LogP contribution in [0, 0.1) is 6.61 Å². The van der Waals surface area contributed by atoms with E-state index in [4.69, 9.17) is 4.84 Å². The maximum Gasteiger partial charge on any atom is 0.137 e. The van der Waals surface area contributed by atoms with E-state index in [1.807, 2.05) is 18.2 Å². The molecule has 1 aliphatic rings. The van der Waals surface area contributed by atoms with Crippen molar-refractivity contribution in [2.24, 2.45) is 0 Å². The SMILES string of the molecule is [CH]1ONCc2ccccc21. The number of hydrogen-bond acceptors (Lipinski definition) is 2. The van der Waals surface area contributed by atoms with Crippen LogP contribution in [0.3, 0.4) is 0 Å². The Morgan fingerprint density at radius 1 is 1.30 bits per heavy atom. The lowest BCUT2D eigenvalue weighted by molar-refractivity contribution is 0.0878. The zero-order valence-electron chi connectivity index (χ0n) is 5.50. The van der Waals surface area contributed by atoms with Crippen LogP contribution in [-0.4, -0.2) is 0 Å². The van der Waals surface area contributed by atoms with Crippen LogP contribution >= 0.6 is 0 Å². The third kappa shape index (κ3) is 0.916. The largest absolute Gasteiger partial charge is 0.290 e. The molecule has 0 unspecified atom stereocenters. The highest BCUT2D eigenvalue weighted by molar-refractivity contribution is 5.31. The van der Waals surface area contributed by atoms with Crippen LogP contribution in [0.1, 0.15) is 11.1 Å². The molecule has 2 nitrogen and oxygen atoms in total. The molecule has 0 spiro atoms. The van der Waals surface area contributed by atoms with Crippen LogP contribution in [0.4, 0.5) is 0 Å². The molecule has 0 fully saturated rings. The van der Waals surface area contributed by atoms with Gasteiger partial charge < -0.3 is 0 Å². The molecule has 1 aromatic rings. The minimum Gasteiger partial charge on any atom is -0.290 e. The fourth-order valence-electron chi connectivity index (χ4n) is 1.03. The predicted molar refractivity (Wildman–Crippen MR) is 37.8 cm³/mol. The second kappa shape index (κ2) is 2.40. The maximum atomic E-state index is 4.92. The van der Waals surface area contributed by atoms with E-state index < -0.39 is 0 Å². The average molecular weight is 134 g/mol. The number of hydroxylamine groups is 1. The first-order valence-electron chi connectivity index (χ1n) is 3.26. The Morgan fingerprint density at radius 3 is 3.10 bits per heavy atom. The molecule has 0 amide bonds. The predicted octanol–water partition coefficient (Wildman–Crippen LogP) is 1.23. The summed E-state index contributed by atoms with van der Waals surface area (Å²) < 4.78 is 0. The second-order valence-electron chi connectivity index (χ2n) is 2.26. The second-order valence-corrected chi connectivity index (χ2v) is 2.26. The summed E-state index contributed by atoms with van der Waals surface area (Å²) in [7, 11) is 0. The minimum absolute atomic E-state index is 0.798. The van der Waals surface area contributed by atoms with Crippen LogP contribution < -0.4 is 5.48 Å². The Morgan fingerprint density at radius 2 is 2.20 bits per heavy atom. The summed E-state index contributed by atoms with van der Waals surface area (Å²) in [5, 5.41) is 0. The lowest BCUT2D eigenvalue weighted by Gasteiger charge is -2.15. The average Bonchev–Trinajstić information content (AvgIpc) is 2.05. The van der Waals surface area contributed by atoms with Gasteiger partial charge in [-0.2, -0.15) is 5.48 Å². The van der Waals surface area contributed by atoms with Gasteiger partial charge in [0.1, 0.15) is 6.61 Å². The van der Waals surface area contributed by atoms with Crippen LogP contribution in [-0.2, 0) is 11.4 Å². The summed E-state index contributed by atoms with van der Waals surface area (Å²) in [6.45, 7) is 2.52. The quantitative estimate of drug-likeness (QED) is 0.576. The Bertz CT molecular complexity index is 209. The first-order valence-corrected chi connectivity index (χ1v) is 3.26. The molecule has 1 heterocycles. The Labute approximate surface area is 59.8 Å². The zero-order chi connectivity index (χ0) is 6.81. The Kier molecular flexibility index (Phi) is 1.42. The fraction of sp³-hybridized carbons (Fsp3) is 0.125. The molecule has 1 aromatic carbocycles. The molecule has 0 aliphatic carbocycles. The van der Waals surface area contributed by atoms with E-state index in [1.54, 1.807) is 6.61 Å². The van der Waals surface area contributed by atoms with Crippen molar-refractivity contribution in [3.8, 4) is 0 Å². The topological polar surface area (TPSA) is 21.3 Å². The zero-order valence-corrected chi connectivity index (χ0v) is 5.50. The number of benzene rings is 1. The summed E-state index contributed by atoms with van der Waals surface area (Å²) in [5.41, 5.74) is 5.24. The fourth-order valence-corrected chi connectivity index (χ4v) is 1.03. The molecular weight excluding hydrogens is 126 g/mol. The van der Waals surface area contributed by atoms with E-state index in [0.29, 0.717) is 0 Å². The van der Waals surface area contributed by atoms with Gasteiger partial charge in [0.25, 0.3) is 0 Å². The Balaban J connectivity index is 2.41. The molecule has 1 aliphatic heterocycles. The molecule has 2 rings (SSSR count). The van der Waals surface area contributed by atoms with E-state index in [2.05, 4.69) is 11.5 Å². The van der Waals surface area contributed by atoms with Gasteiger partial charge in [0.05, 0.1) is 0 Å². The standard InChI is InChI=1S/C8H8NO/c1-2-4-8-6-10-9-5-7(8)3-1/h1-4,6,9H,5H2. The van der Waals surface area contributed by atoms with Crippen molar-refractivity contribution in [2.75, 3.05) is 0 Å². The molecule has 1 radical (unpaired) electrons. The molecule has 0 saturated carbocycles. The molecule has 51 valence electrons. The molecule has 1 N–H and O–H groups in total. The highest BCUT2D eigenvalue weighted by Crippen LogP contribution is 2.14. The van der Waals surface area contributed by atoms with E-state index in [9.17, 15) is 0 Å². The third-order valence-corrected chi connectivity index (χ3v) is 1.59. The summed E-state index contributed by atoms with van der Waals surface area (Å²) in [5.74, 6) is 0. The van der Waals surface area contributed by atoms with E-state index in [-0.39, 0.29) is 0 Å². The van der Waals surface area contributed by atoms with Gasteiger partial charge in [-0.15, -0.1) is 0 Å². The number of nitrogens with one attached hydrogen (secondary N) is 1. The van der Waals surface area contributed by atoms with Crippen LogP contribution in [0.15, 0.2) is 24.3 Å². The van der Waals surface area contributed by atoms with Crippen molar-refractivity contribution in [2.45, 2.75) is 6.54 Å². The molecule has 2 heteroatoms. The van der Waals surface area contributed by atoms with E-state index >= 15 is 0 Å². The molecular formula is C8H8NO. The van der Waals surface area contributed by atoms with Gasteiger partial charge in [-0.3, -0.25) is 4.84 Å². The summed E-state index contributed by atoms with van der Waals surface area (Å²) >= 11 is 0. The van der Waals surface area contributed by atoms with Gasteiger partial charge in [0.15, 0.2) is 0 Å². The number of hydrogen-bond donors (Lipinski definition) is 1. The highest BCUT2D eigenvalue weighted by Gasteiger charge is 2.06. The molecule has 10 heavy (non-hydrogen) atoms. The molecule has 0 bridgehead atoms. The van der Waals surface area contributed by atoms with Gasteiger partial charge in [-0.1, -0.05) is 24.3 Å². The van der Waals surface area contributed by atoms with Crippen molar-refractivity contribution in [3.05, 3.63) is 42.0 Å².